The van der Waals surface area contributed by atoms with Crippen molar-refractivity contribution in [1.82, 2.24) is 0 Å². The van der Waals surface area contributed by atoms with Crippen LogP contribution in [0.1, 0.15) is 318 Å². The average molecular weight is 1290 g/mol. The van der Waals surface area contributed by atoms with Crippen molar-refractivity contribution in [1.29, 1.82) is 0 Å². The van der Waals surface area contributed by atoms with Gasteiger partial charge in [-0.1, -0.05) is 265 Å². The quantitative estimate of drug-likeness (QED) is 0.0169. The number of hydrogen-bond donors (Lipinski definition) is 3. The number of esters is 4. The van der Waals surface area contributed by atoms with Gasteiger partial charge in [-0.3, -0.25) is 37.3 Å². The molecular weight excluding hydrogens is 1160 g/mol. The zero-order valence-corrected chi connectivity index (χ0v) is 58.5. The first kappa shape index (κ1) is 85.5. The summed E-state index contributed by atoms with van der Waals surface area (Å²) < 4.78 is 68.1. The van der Waals surface area contributed by atoms with Crippen LogP contribution >= 0.6 is 15.6 Å². The molecule has 0 saturated carbocycles. The lowest BCUT2D eigenvalue weighted by Gasteiger charge is -2.21. The standard InChI is InChI=1S/C69H130O17P2/c1-8-9-10-11-12-13-14-15-16-17-20-23-28-36-43-50-66(71)79-57-65(86-69(74)53-46-39-32-31-35-42-49-62(6)7)59-84-88(77,78)82-55-63(70)54-81-87(75,76)83-58-64(56-80-67(72)51-44-37-30-25-27-34-41-48-61(4)5)85-68(73)52-45-38-29-24-21-18-19-22-26-33-40-47-60(2)3/h13-16,60-65,70H,8-12,17-59H2,1-7H3,(H,75,76)(H,77,78)/b14-13-,16-15-/t63?,64-,65-/m1/s1. The van der Waals surface area contributed by atoms with Gasteiger partial charge in [0.25, 0.3) is 0 Å². The number of allylic oxidation sites excluding steroid dienone is 4. The highest BCUT2D eigenvalue weighted by Gasteiger charge is 2.30. The molecule has 3 N–H and O–H groups in total. The van der Waals surface area contributed by atoms with Gasteiger partial charge >= 0.3 is 39.5 Å². The summed E-state index contributed by atoms with van der Waals surface area (Å²) in [5.41, 5.74) is 0. The first-order chi connectivity index (χ1) is 42.2. The molecule has 0 spiro atoms. The molecule has 0 aliphatic carbocycles. The fourth-order valence-corrected chi connectivity index (χ4v) is 11.4. The molecule has 0 fully saturated rings. The summed E-state index contributed by atoms with van der Waals surface area (Å²) in [4.78, 5) is 72.4. The molecule has 518 valence electrons. The Morgan fingerprint density at radius 1 is 0.352 bits per heavy atom. The third kappa shape index (κ3) is 62.4. The molecule has 88 heavy (non-hydrogen) atoms. The summed E-state index contributed by atoms with van der Waals surface area (Å²) in [6, 6.07) is 0. The van der Waals surface area contributed by atoms with Crippen molar-refractivity contribution >= 4 is 39.5 Å². The van der Waals surface area contributed by atoms with Crippen molar-refractivity contribution in [2.75, 3.05) is 39.6 Å². The van der Waals surface area contributed by atoms with E-state index < -0.39 is 97.5 Å². The van der Waals surface area contributed by atoms with Crippen LogP contribution in [-0.4, -0.2) is 96.7 Å². The minimum absolute atomic E-state index is 0.0948. The van der Waals surface area contributed by atoms with Crippen LogP contribution in [-0.2, 0) is 65.4 Å². The Balaban J connectivity index is 5.25. The number of aliphatic hydroxyl groups is 1. The number of carbonyl (C=O) groups excluding carboxylic acids is 4. The lowest BCUT2D eigenvalue weighted by atomic mass is 10.0. The van der Waals surface area contributed by atoms with Crippen LogP contribution in [0.5, 0.6) is 0 Å². The third-order valence-corrected chi connectivity index (χ3v) is 17.2. The summed E-state index contributed by atoms with van der Waals surface area (Å²) in [6.45, 7) is 11.6. The van der Waals surface area contributed by atoms with Crippen molar-refractivity contribution in [3.8, 4) is 0 Å². The highest BCUT2D eigenvalue weighted by Crippen LogP contribution is 2.45. The minimum Gasteiger partial charge on any atom is -0.462 e. The molecule has 0 aliphatic rings. The Labute approximate surface area is 535 Å². The SMILES string of the molecule is CCCCCC/C=C\C=C/CCCCCCCC(=O)OC[C@H](COP(=O)(O)OCC(O)COP(=O)(O)OC[C@@H](COC(=O)CCCCCCCCCC(C)C)OC(=O)CCCCCCCCCCCCCC(C)C)OC(=O)CCCCCCCCC(C)C. The first-order valence-corrected chi connectivity index (χ1v) is 38.2. The molecule has 0 rings (SSSR count). The van der Waals surface area contributed by atoms with Gasteiger partial charge in [-0.15, -0.1) is 0 Å². The Kier molecular flexibility index (Phi) is 57.9. The molecular formula is C69H130O17P2. The molecule has 3 unspecified atom stereocenters. The summed E-state index contributed by atoms with van der Waals surface area (Å²) in [6.07, 6.45) is 45.5. The van der Waals surface area contributed by atoms with Crippen molar-refractivity contribution in [2.45, 2.75) is 336 Å². The minimum atomic E-state index is -4.96. The van der Waals surface area contributed by atoms with Crippen LogP contribution in [0.2, 0.25) is 0 Å². The van der Waals surface area contributed by atoms with E-state index in [0.29, 0.717) is 37.5 Å². The van der Waals surface area contributed by atoms with Gasteiger partial charge in [0.2, 0.25) is 0 Å². The number of rotatable bonds is 65. The molecule has 0 radical (unpaired) electrons. The highest BCUT2D eigenvalue weighted by atomic mass is 31.2. The maximum Gasteiger partial charge on any atom is 0.472 e. The summed E-state index contributed by atoms with van der Waals surface area (Å²) >= 11 is 0. The summed E-state index contributed by atoms with van der Waals surface area (Å²) in [5, 5.41) is 10.6. The summed E-state index contributed by atoms with van der Waals surface area (Å²) in [5.74, 6) is -0.0311. The average Bonchev–Trinajstić information content (AvgIpc) is 3.60. The lowest BCUT2D eigenvalue weighted by molar-refractivity contribution is -0.161. The van der Waals surface area contributed by atoms with Crippen LogP contribution < -0.4 is 0 Å². The monoisotopic (exact) mass is 1290 g/mol. The number of phosphoric acid groups is 2. The van der Waals surface area contributed by atoms with Crippen LogP contribution in [0, 0.1) is 17.8 Å². The molecule has 0 heterocycles. The van der Waals surface area contributed by atoms with E-state index in [-0.39, 0.29) is 25.7 Å². The van der Waals surface area contributed by atoms with Gasteiger partial charge in [0, 0.05) is 25.7 Å². The highest BCUT2D eigenvalue weighted by molar-refractivity contribution is 7.47. The van der Waals surface area contributed by atoms with Crippen molar-refractivity contribution in [2.24, 2.45) is 17.8 Å². The molecule has 17 nitrogen and oxygen atoms in total. The Morgan fingerprint density at radius 2 is 0.614 bits per heavy atom. The Bertz CT molecular complexity index is 1830. The van der Waals surface area contributed by atoms with E-state index in [1.54, 1.807) is 0 Å². The van der Waals surface area contributed by atoms with Gasteiger partial charge in [-0.2, -0.15) is 0 Å². The number of hydrogen-bond acceptors (Lipinski definition) is 15. The van der Waals surface area contributed by atoms with Gasteiger partial charge in [0.15, 0.2) is 12.2 Å². The number of carbonyl (C=O) groups is 4. The van der Waals surface area contributed by atoms with E-state index in [2.05, 4.69) is 72.8 Å². The van der Waals surface area contributed by atoms with Gasteiger partial charge < -0.3 is 33.8 Å². The van der Waals surface area contributed by atoms with E-state index in [0.717, 1.165) is 121 Å². The van der Waals surface area contributed by atoms with Gasteiger partial charge in [0.05, 0.1) is 26.4 Å². The fraction of sp³-hybridized carbons (Fsp3) is 0.884. The van der Waals surface area contributed by atoms with Crippen molar-refractivity contribution in [3.63, 3.8) is 0 Å². The van der Waals surface area contributed by atoms with Crippen LogP contribution in [0.25, 0.3) is 0 Å². The molecule has 0 aromatic rings. The predicted molar refractivity (Wildman–Crippen MR) is 354 cm³/mol. The first-order valence-electron chi connectivity index (χ1n) is 35.2. The fourth-order valence-electron chi connectivity index (χ4n) is 9.82. The third-order valence-electron chi connectivity index (χ3n) is 15.3. The summed E-state index contributed by atoms with van der Waals surface area (Å²) in [7, 11) is -9.91. The number of ether oxygens (including phenoxy) is 4. The smallest absolute Gasteiger partial charge is 0.462 e. The van der Waals surface area contributed by atoms with Crippen LogP contribution in [0.15, 0.2) is 24.3 Å². The van der Waals surface area contributed by atoms with Gasteiger partial charge in [-0.25, -0.2) is 9.13 Å². The predicted octanol–water partition coefficient (Wildman–Crippen LogP) is 19.0. The maximum absolute atomic E-state index is 13.0. The maximum atomic E-state index is 13.0. The van der Waals surface area contributed by atoms with Crippen LogP contribution in [0.3, 0.4) is 0 Å². The molecule has 0 saturated heterocycles. The van der Waals surface area contributed by atoms with E-state index in [1.807, 2.05) is 0 Å². The molecule has 19 heteroatoms. The zero-order chi connectivity index (χ0) is 65.2. The van der Waals surface area contributed by atoms with Crippen molar-refractivity contribution < 1.29 is 80.2 Å². The Morgan fingerprint density at radius 3 is 0.920 bits per heavy atom. The second kappa shape index (κ2) is 59.5. The molecule has 0 aromatic heterocycles. The molecule has 0 aliphatic heterocycles. The lowest BCUT2D eigenvalue weighted by Crippen LogP contribution is -2.30. The second-order valence-corrected chi connectivity index (χ2v) is 28.6. The van der Waals surface area contributed by atoms with E-state index in [9.17, 15) is 43.2 Å². The van der Waals surface area contributed by atoms with E-state index in [1.165, 1.54) is 103 Å². The molecule has 0 aromatic carbocycles. The molecule has 0 bridgehead atoms. The van der Waals surface area contributed by atoms with Crippen LogP contribution in [0.4, 0.5) is 0 Å². The zero-order valence-electron chi connectivity index (χ0n) is 56.7. The molecule has 0 amide bonds. The Hall–Kier alpha value is -2.46. The number of phosphoric ester groups is 2. The second-order valence-electron chi connectivity index (χ2n) is 25.7. The normalized spacial score (nSPS) is 14.4. The van der Waals surface area contributed by atoms with E-state index in [4.69, 9.17) is 37.0 Å². The topological polar surface area (TPSA) is 237 Å². The number of unbranched alkanes of at least 4 members (excludes halogenated alkanes) is 30. The van der Waals surface area contributed by atoms with E-state index >= 15 is 0 Å². The number of aliphatic hydroxyl groups excluding tert-OH is 1. The van der Waals surface area contributed by atoms with Gasteiger partial charge in [-0.05, 0) is 69.1 Å². The van der Waals surface area contributed by atoms with Crippen molar-refractivity contribution in [3.05, 3.63) is 24.3 Å². The van der Waals surface area contributed by atoms with Gasteiger partial charge in [0.1, 0.15) is 19.3 Å². The molecule has 5 atom stereocenters. The largest absolute Gasteiger partial charge is 0.472 e.